The predicted octanol–water partition coefficient (Wildman–Crippen LogP) is 5.29. The molecule has 5 nitrogen and oxygen atoms in total. The number of carbonyl (C=O) groups excluding carboxylic acids is 1. The van der Waals surface area contributed by atoms with Gasteiger partial charge >= 0.3 is 0 Å². The molecular formula is C23H23ClN4OS. The summed E-state index contributed by atoms with van der Waals surface area (Å²) < 4.78 is 2.08. The number of nitrogens with zero attached hydrogens (tertiary/aromatic N) is 4. The van der Waals surface area contributed by atoms with E-state index >= 15 is 0 Å². The molecule has 2 aliphatic rings. The third-order valence-corrected chi connectivity index (χ3v) is 6.35. The van der Waals surface area contributed by atoms with Crippen LogP contribution in [0.15, 0.2) is 68.6 Å². The lowest BCUT2D eigenvalue weighted by Gasteiger charge is -2.26. The number of aromatic nitrogens is 3. The Balaban J connectivity index is 1.82. The first-order chi connectivity index (χ1) is 14.5. The van der Waals surface area contributed by atoms with E-state index in [2.05, 4.69) is 40.5 Å². The fourth-order valence-electron chi connectivity index (χ4n) is 3.68. The molecule has 0 N–H and O–H groups in total. The van der Waals surface area contributed by atoms with E-state index in [1.807, 2.05) is 42.5 Å². The smallest absolute Gasteiger partial charge is 0.284 e. The standard InChI is InChI=1S/C23H23ClN4OS/c1-4-28-19(12-14(2)3)26-27-23(28)30-21-20(15-8-6-5-7-9-15)17-13-16(24)10-11-18(17)25-22(21)29/h5-11,13-14,17H,4,12H2,1-3H3. The van der Waals surface area contributed by atoms with E-state index in [9.17, 15) is 4.79 Å². The van der Waals surface area contributed by atoms with E-state index in [1.165, 1.54) is 11.8 Å². The van der Waals surface area contributed by atoms with E-state index in [0.717, 1.165) is 29.9 Å². The van der Waals surface area contributed by atoms with Crippen LogP contribution in [-0.2, 0) is 17.8 Å². The van der Waals surface area contributed by atoms with Crippen molar-refractivity contribution in [2.45, 2.75) is 38.9 Å². The molecule has 2 heterocycles. The average Bonchev–Trinajstić information content (AvgIpc) is 3.10. The van der Waals surface area contributed by atoms with Gasteiger partial charge in [-0.1, -0.05) is 61.9 Å². The molecule has 1 unspecified atom stereocenters. The number of thioether (sulfide) groups is 1. The number of hydrogen-bond acceptors (Lipinski definition) is 4. The molecule has 1 aromatic carbocycles. The molecule has 1 aromatic heterocycles. The van der Waals surface area contributed by atoms with Crippen molar-refractivity contribution in [3.63, 3.8) is 0 Å². The first-order valence-corrected chi connectivity index (χ1v) is 11.2. The summed E-state index contributed by atoms with van der Waals surface area (Å²) in [4.78, 5) is 18.0. The van der Waals surface area contributed by atoms with Gasteiger partial charge in [0, 0.05) is 23.9 Å². The van der Waals surface area contributed by atoms with Crippen molar-refractivity contribution in [3.8, 4) is 0 Å². The second-order valence-corrected chi connectivity index (χ2v) is 9.07. The predicted molar refractivity (Wildman–Crippen MR) is 122 cm³/mol. The number of benzene rings is 1. The largest absolute Gasteiger partial charge is 0.306 e. The maximum absolute atomic E-state index is 13.1. The van der Waals surface area contributed by atoms with E-state index < -0.39 is 0 Å². The highest BCUT2D eigenvalue weighted by atomic mass is 35.5. The average molecular weight is 439 g/mol. The van der Waals surface area contributed by atoms with Crippen LogP contribution in [0.5, 0.6) is 0 Å². The third kappa shape index (κ3) is 4.07. The van der Waals surface area contributed by atoms with Crippen molar-refractivity contribution in [3.05, 3.63) is 69.9 Å². The van der Waals surface area contributed by atoms with Gasteiger partial charge < -0.3 is 4.57 Å². The first kappa shape index (κ1) is 20.8. The molecule has 1 amide bonds. The molecule has 1 atom stereocenters. The number of allylic oxidation sites excluding steroid dienone is 5. The Labute approximate surface area is 185 Å². The normalized spacial score (nSPS) is 18.6. The Morgan fingerprint density at radius 3 is 2.63 bits per heavy atom. The molecular weight excluding hydrogens is 416 g/mol. The molecule has 0 fully saturated rings. The van der Waals surface area contributed by atoms with Crippen molar-refractivity contribution in [2.24, 2.45) is 16.8 Å². The van der Waals surface area contributed by atoms with Crippen LogP contribution in [0.2, 0.25) is 0 Å². The van der Waals surface area contributed by atoms with Crippen LogP contribution in [0, 0.1) is 11.8 Å². The molecule has 30 heavy (non-hydrogen) atoms. The highest BCUT2D eigenvalue weighted by Crippen LogP contribution is 2.42. The monoisotopic (exact) mass is 438 g/mol. The Bertz CT molecular complexity index is 1100. The van der Waals surface area contributed by atoms with Gasteiger partial charge in [0.25, 0.3) is 5.91 Å². The summed E-state index contributed by atoms with van der Waals surface area (Å²) in [6.45, 7) is 7.12. The van der Waals surface area contributed by atoms with Crippen molar-refractivity contribution in [1.82, 2.24) is 14.8 Å². The van der Waals surface area contributed by atoms with Crippen molar-refractivity contribution in [1.29, 1.82) is 0 Å². The van der Waals surface area contributed by atoms with Crippen molar-refractivity contribution in [2.75, 3.05) is 0 Å². The molecule has 1 aliphatic heterocycles. The first-order valence-electron chi connectivity index (χ1n) is 10.1. The summed E-state index contributed by atoms with van der Waals surface area (Å²) in [6, 6.07) is 9.94. The molecule has 0 saturated heterocycles. The molecule has 0 spiro atoms. The zero-order valence-electron chi connectivity index (χ0n) is 17.2. The van der Waals surface area contributed by atoms with Gasteiger partial charge in [0.1, 0.15) is 5.82 Å². The number of rotatable bonds is 6. The molecule has 2 aromatic rings. The third-order valence-electron chi connectivity index (χ3n) is 5.02. The van der Waals surface area contributed by atoms with Crippen LogP contribution in [0.4, 0.5) is 0 Å². The lowest BCUT2D eigenvalue weighted by Crippen LogP contribution is -2.24. The van der Waals surface area contributed by atoms with E-state index in [4.69, 9.17) is 11.6 Å². The van der Waals surface area contributed by atoms with Crippen LogP contribution in [0.3, 0.4) is 0 Å². The SMILES string of the molecule is CCn1c(CC(C)C)nnc1SC1=C(c2ccccc2)C2C=C(Cl)C=CC2=NC1=O. The topological polar surface area (TPSA) is 60.1 Å². The number of amides is 1. The summed E-state index contributed by atoms with van der Waals surface area (Å²) in [5, 5.41) is 10.1. The van der Waals surface area contributed by atoms with E-state index in [-0.39, 0.29) is 11.8 Å². The second kappa shape index (κ2) is 8.74. The Morgan fingerprint density at radius 2 is 1.93 bits per heavy atom. The van der Waals surface area contributed by atoms with Gasteiger partial charge in [-0.05, 0) is 47.9 Å². The fourth-order valence-corrected chi connectivity index (χ4v) is 4.96. The van der Waals surface area contributed by atoms with Gasteiger partial charge in [-0.25, -0.2) is 4.99 Å². The van der Waals surface area contributed by atoms with E-state index in [0.29, 0.717) is 26.7 Å². The van der Waals surface area contributed by atoms with Crippen LogP contribution >= 0.6 is 23.4 Å². The highest BCUT2D eigenvalue weighted by molar-refractivity contribution is 8.04. The van der Waals surface area contributed by atoms with Gasteiger partial charge in [-0.15, -0.1) is 10.2 Å². The highest BCUT2D eigenvalue weighted by Gasteiger charge is 2.33. The number of aliphatic imine (C=N–C) groups is 1. The number of dihydropyridines is 1. The molecule has 1 aliphatic carbocycles. The molecule has 4 rings (SSSR count). The van der Waals surface area contributed by atoms with Crippen LogP contribution < -0.4 is 0 Å². The maximum atomic E-state index is 13.1. The second-order valence-electron chi connectivity index (χ2n) is 7.66. The van der Waals surface area contributed by atoms with Crippen LogP contribution in [0.25, 0.3) is 5.57 Å². The fraction of sp³-hybridized carbons (Fsp3) is 0.304. The molecule has 0 bridgehead atoms. The van der Waals surface area contributed by atoms with Crippen molar-refractivity contribution < 1.29 is 4.79 Å². The lowest BCUT2D eigenvalue weighted by molar-refractivity contribution is -0.113. The molecule has 0 radical (unpaired) electrons. The molecule has 0 saturated carbocycles. The number of halogens is 1. The summed E-state index contributed by atoms with van der Waals surface area (Å²) in [5.41, 5.74) is 2.60. The summed E-state index contributed by atoms with van der Waals surface area (Å²) in [7, 11) is 0. The summed E-state index contributed by atoms with van der Waals surface area (Å²) >= 11 is 7.66. The van der Waals surface area contributed by atoms with Gasteiger partial charge in [0.2, 0.25) is 0 Å². The Hall–Kier alpha value is -2.44. The van der Waals surface area contributed by atoms with Crippen molar-refractivity contribution >= 4 is 40.6 Å². The zero-order valence-corrected chi connectivity index (χ0v) is 18.7. The summed E-state index contributed by atoms with van der Waals surface area (Å²) in [5.74, 6) is 0.990. The molecule has 7 heteroatoms. The number of carbonyl (C=O) groups is 1. The molecule has 154 valence electrons. The minimum absolute atomic E-state index is 0.168. The lowest BCUT2D eigenvalue weighted by atomic mass is 9.84. The Kier molecular flexibility index (Phi) is 6.06. The number of fused-ring (bicyclic) bond motifs is 1. The maximum Gasteiger partial charge on any atom is 0.284 e. The Morgan fingerprint density at radius 1 is 1.17 bits per heavy atom. The quantitative estimate of drug-likeness (QED) is 0.614. The van der Waals surface area contributed by atoms with Crippen LogP contribution in [0.1, 0.15) is 32.2 Å². The van der Waals surface area contributed by atoms with Gasteiger partial charge in [0.05, 0.1) is 10.6 Å². The van der Waals surface area contributed by atoms with E-state index in [1.54, 1.807) is 6.08 Å². The minimum Gasteiger partial charge on any atom is -0.306 e. The number of hydrogen-bond donors (Lipinski definition) is 0. The summed E-state index contributed by atoms with van der Waals surface area (Å²) in [6.07, 6.45) is 6.39. The van der Waals surface area contributed by atoms with Gasteiger partial charge in [-0.2, -0.15) is 0 Å². The minimum atomic E-state index is -0.253. The zero-order chi connectivity index (χ0) is 21.3. The van der Waals surface area contributed by atoms with Gasteiger partial charge in [-0.3, -0.25) is 4.79 Å². The van der Waals surface area contributed by atoms with Crippen LogP contribution in [-0.4, -0.2) is 26.4 Å². The van der Waals surface area contributed by atoms with Gasteiger partial charge in [0.15, 0.2) is 5.16 Å².